The maximum Gasteiger partial charge on any atom is 0.291 e. The van der Waals surface area contributed by atoms with Crippen LogP contribution in [0.3, 0.4) is 0 Å². The number of rotatable bonds is 6. The molecular formula is C23H19ClF5N5O2. The average molecular weight is 528 g/mol. The highest BCUT2D eigenvalue weighted by Crippen LogP contribution is 2.27. The van der Waals surface area contributed by atoms with E-state index in [9.17, 15) is 26.7 Å². The van der Waals surface area contributed by atoms with E-state index < -0.39 is 47.1 Å². The Morgan fingerprint density at radius 2 is 1.42 bits per heavy atom. The molecule has 0 saturated carbocycles. The van der Waals surface area contributed by atoms with Gasteiger partial charge in [0.05, 0.1) is 52.1 Å². The van der Waals surface area contributed by atoms with Crippen LogP contribution in [0.15, 0.2) is 16.5 Å². The van der Waals surface area contributed by atoms with Gasteiger partial charge in [-0.1, -0.05) is 11.6 Å². The zero-order valence-electron chi connectivity index (χ0n) is 19.4. The number of aromatic nitrogens is 4. The lowest BCUT2D eigenvalue weighted by atomic mass is 10.1. The molecule has 0 radical (unpaired) electrons. The number of halogens is 6. The summed E-state index contributed by atoms with van der Waals surface area (Å²) in [5.74, 6) is -10.4. The molecule has 0 fully saturated rings. The molecule has 3 heterocycles. The zero-order valence-corrected chi connectivity index (χ0v) is 20.2. The molecule has 1 N–H and O–H groups in total. The van der Waals surface area contributed by atoms with Gasteiger partial charge in [0, 0.05) is 0 Å². The first-order valence-corrected chi connectivity index (χ1v) is 10.9. The minimum absolute atomic E-state index is 0.0241. The van der Waals surface area contributed by atoms with Gasteiger partial charge in [-0.25, -0.2) is 22.0 Å². The van der Waals surface area contributed by atoms with Gasteiger partial charge in [0.15, 0.2) is 29.0 Å². The summed E-state index contributed by atoms with van der Waals surface area (Å²) in [6.45, 7) is 6.05. The molecule has 0 atom stereocenters. The highest BCUT2D eigenvalue weighted by molar-refractivity contribution is 6.31. The van der Waals surface area contributed by atoms with Crippen LogP contribution in [-0.2, 0) is 13.1 Å². The molecule has 13 heteroatoms. The first kappa shape index (κ1) is 25.4. The minimum Gasteiger partial charge on any atom is -0.454 e. The molecule has 0 saturated heterocycles. The number of anilines is 1. The van der Waals surface area contributed by atoms with Gasteiger partial charge >= 0.3 is 0 Å². The van der Waals surface area contributed by atoms with Crippen molar-refractivity contribution in [3.8, 4) is 0 Å². The Labute approximate surface area is 206 Å². The van der Waals surface area contributed by atoms with Crippen molar-refractivity contribution in [1.29, 1.82) is 0 Å². The third-order valence-corrected chi connectivity index (χ3v) is 6.26. The predicted molar refractivity (Wildman–Crippen MR) is 120 cm³/mol. The second-order valence-corrected chi connectivity index (χ2v) is 8.49. The highest BCUT2D eigenvalue weighted by atomic mass is 35.5. The van der Waals surface area contributed by atoms with Crippen LogP contribution < -0.4 is 5.32 Å². The molecule has 0 aliphatic heterocycles. The molecule has 7 nitrogen and oxygen atoms in total. The number of hydrogen-bond donors (Lipinski definition) is 1. The maximum atomic E-state index is 14.1. The van der Waals surface area contributed by atoms with Crippen LogP contribution in [0.2, 0.25) is 5.02 Å². The predicted octanol–water partition coefficient (Wildman–Crippen LogP) is 5.60. The van der Waals surface area contributed by atoms with Crippen LogP contribution in [0.25, 0.3) is 0 Å². The van der Waals surface area contributed by atoms with Gasteiger partial charge in [0.2, 0.25) is 5.82 Å². The highest BCUT2D eigenvalue weighted by Gasteiger charge is 2.27. The average Bonchev–Trinajstić information content (AvgIpc) is 3.49. The fourth-order valence-electron chi connectivity index (χ4n) is 3.71. The SMILES string of the molecule is Cc1nn(Cc2ccc(C(=O)Nc3c(C)nn(Cc4c(F)c(F)c(F)c(F)c4F)c3C)o2)c(C)c1Cl. The summed E-state index contributed by atoms with van der Waals surface area (Å²) in [5, 5.41) is 11.5. The van der Waals surface area contributed by atoms with E-state index in [0.29, 0.717) is 16.5 Å². The van der Waals surface area contributed by atoms with Crippen molar-refractivity contribution in [3.05, 3.63) is 86.1 Å². The molecule has 0 unspecified atom stereocenters. The van der Waals surface area contributed by atoms with E-state index in [4.69, 9.17) is 16.0 Å². The fourth-order valence-corrected chi connectivity index (χ4v) is 3.84. The second-order valence-electron chi connectivity index (χ2n) is 8.11. The standard InChI is InChI=1S/C23H19ClF5N5O2/c1-9-16(24)11(3)33(31-9)7-13-5-6-15(36-13)23(35)30-22-10(2)32-34(12(22)4)8-14-17(25)19(27)21(29)20(28)18(14)26/h5-6H,7-8H2,1-4H3,(H,30,35). The van der Waals surface area contributed by atoms with Gasteiger partial charge in [-0.15, -0.1) is 0 Å². The Morgan fingerprint density at radius 1 is 0.861 bits per heavy atom. The van der Waals surface area contributed by atoms with Crippen LogP contribution in [0.1, 0.15) is 44.7 Å². The molecule has 0 aliphatic rings. The van der Waals surface area contributed by atoms with Crippen molar-refractivity contribution in [1.82, 2.24) is 19.6 Å². The summed E-state index contributed by atoms with van der Waals surface area (Å²) in [6, 6.07) is 3.06. The van der Waals surface area contributed by atoms with Gasteiger partial charge in [0.1, 0.15) is 5.76 Å². The van der Waals surface area contributed by atoms with E-state index in [-0.39, 0.29) is 29.4 Å². The summed E-state index contributed by atoms with van der Waals surface area (Å²) in [7, 11) is 0. The van der Waals surface area contributed by atoms with Crippen molar-refractivity contribution >= 4 is 23.2 Å². The van der Waals surface area contributed by atoms with Crippen molar-refractivity contribution in [3.63, 3.8) is 0 Å². The van der Waals surface area contributed by atoms with Crippen LogP contribution in [-0.4, -0.2) is 25.5 Å². The first-order valence-electron chi connectivity index (χ1n) is 10.5. The molecule has 36 heavy (non-hydrogen) atoms. The van der Waals surface area contributed by atoms with E-state index in [1.807, 2.05) is 0 Å². The lowest BCUT2D eigenvalue weighted by molar-refractivity contribution is 0.0994. The second kappa shape index (κ2) is 9.41. The molecule has 4 rings (SSSR count). The topological polar surface area (TPSA) is 77.9 Å². The van der Waals surface area contributed by atoms with Crippen LogP contribution in [0, 0.1) is 56.8 Å². The van der Waals surface area contributed by atoms with E-state index in [2.05, 4.69) is 15.5 Å². The first-order chi connectivity index (χ1) is 16.9. The number of carbonyl (C=O) groups excluding carboxylic acids is 1. The van der Waals surface area contributed by atoms with Crippen molar-refractivity contribution in [2.45, 2.75) is 40.8 Å². The van der Waals surface area contributed by atoms with Gasteiger partial charge in [-0.3, -0.25) is 14.2 Å². The summed E-state index contributed by atoms with van der Waals surface area (Å²) in [5.41, 5.74) is 1.04. The van der Waals surface area contributed by atoms with Crippen LogP contribution in [0.4, 0.5) is 27.6 Å². The number of amides is 1. The number of carbonyl (C=O) groups is 1. The number of nitrogens with one attached hydrogen (secondary N) is 1. The Balaban J connectivity index is 1.54. The Morgan fingerprint density at radius 3 is 2.00 bits per heavy atom. The molecule has 0 spiro atoms. The van der Waals surface area contributed by atoms with Crippen LogP contribution >= 0.6 is 11.6 Å². The quantitative estimate of drug-likeness (QED) is 0.201. The molecule has 3 aromatic heterocycles. The molecule has 0 aliphatic carbocycles. The van der Waals surface area contributed by atoms with Gasteiger partial charge < -0.3 is 9.73 Å². The smallest absolute Gasteiger partial charge is 0.291 e. The van der Waals surface area contributed by atoms with Crippen LogP contribution in [0.5, 0.6) is 0 Å². The minimum atomic E-state index is -2.24. The molecule has 190 valence electrons. The van der Waals surface area contributed by atoms with E-state index in [1.165, 1.54) is 19.9 Å². The lowest BCUT2D eigenvalue weighted by Gasteiger charge is -2.10. The van der Waals surface area contributed by atoms with E-state index in [1.54, 1.807) is 24.6 Å². The van der Waals surface area contributed by atoms with Gasteiger partial charge in [-0.05, 0) is 39.8 Å². The number of furan rings is 1. The molecule has 1 amide bonds. The van der Waals surface area contributed by atoms with E-state index >= 15 is 0 Å². The van der Waals surface area contributed by atoms with Gasteiger partial charge in [-0.2, -0.15) is 10.2 Å². The Hall–Kier alpha value is -3.67. The molecule has 1 aromatic carbocycles. The van der Waals surface area contributed by atoms with E-state index in [0.717, 1.165) is 10.4 Å². The third-order valence-electron chi connectivity index (χ3n) is 5.71. The molecule has 4 aromatic rings. The zero-order chi connectivity index (χ0) is 26.5. The van der Waals surface area contributed by atoms with Gasteiger partial charge in [0.25, 0.3) is 5.91 Å². The lowest BCUT2D eigenvalue weighted by Crippen LogP contribution is -2.14. The largest absolute Gasteiger partial charge is 0.454 e. The third kappa shape index (κ3) is 4.36. The summed E-state index contributed by atoms with van der Waals surface area (Å²) >= 11 is 6.15. The van der Waals surface area contributed by atoms with Crippen molar-refractivity contribution in [2.24, 2.45) is 0 Å². The number of benzene rings is 1. The van der Waals surface area contributed by atoms with Crippen molar-refractivity contribution in [2.75, 3.05) is 5.32 Å². The number of aryl methyl sites for hydroxylation is 2. The summed E-state index contributed by atoms with van der Waals surface area (Å²) in [6.07, 6.45) is 0. The Bertz CT molecular complexity index is 1480. The molecule has 0 bridgehead atoms. The normalized spacial score (nSPS) is 11.4. The summed E-state index contributed by atoms with van der Waals surface area (Å²) in [4.78, 5) is 12.8. The monoisotopic (exact) mass is 527 g/mol. The number of nitrogens with zero attached hydrogens (tertiary/aromatic N) is 4. The fraction of sp³-hybridized carbons (Fsp3) is 0.261. The number of hydrogen-bond acceptors (Lipinski definition) is 4. The maximum absolute atomic E-state index is 14.1. The van der Waals surface area contributed by atoms with Crippen molar-refractivity contribution < 1.29 is 31.2 Å². The molecular weight excluding hydrogens is 509 g/mol. The Kier molecular flexibility index (Phi) is 6.65. The summed E-state index contributed by atoms with van der Waals surface area (Å²) < 4.78 is 77.0.